The van der Waals surface area contributed by atoms with Gasteiger partial charge >= 0.3 is 7.82 Å². The van der Waals surface area contributed by atoms with Crippen LogP contribution in [0.4, 0.5) is 0 Å². The second-order valence-corrected chi connectivity index (χ2v) is 14.1. The maximum atomic E-state index is 14.0. The minimum Gasteiger partial charge on any atom is -0.404 e. The molecule has 1 aliphatic rings. The Kier molecular flexibility index (Phi) is 16.7. The first-order valence-corrected chi connectivity index (χ1v) is 18.3. The van der Waals surface area contributed by atoms with Gasteiger partial charge in [0.25, 0.3) is 0 Å². The van der Waals surface area contributed by atoms with E-state index in [1.54, 1.807) is 0 Å². The number of benzene rings is 1. The predicted octanol–water partition coefficient (Wildman–Crippen LogP) is -1.91. The number of amides is 7. The topological polar surface area (TPSA) is 296 Å². The number of carbonyl (C=O) groups is 7. The monoisotopic (exact) mass is 755 g/mol. The van der Waals surface area contributed by atoms with Crippen molar-refractivity contribution in [3.8, 4) is 5.75 Å². The number of nitrogens with two attached hydrogens (primary N) is 1. The summed E-state index contributed by atoms with van der Waals surface area (Å²) < 4.78 is 15.7. The lowest BCUT2D eigenvalue weighted by Gasteiger charge is -2.31. The van der Waals surface area contributed by atoms with Crippen LogP contribution < -0.4 is 36.8 Å². The van der Waals surface area contributed by atoms with E-state index >= 15 is 0 Å². The molecule has 1 aromatic carbocycles. The van der Waals surface area contributed by atoms with Crippen LogP contribution in [0.1, 0.15) is 65.4 Å². The molecule has 1 aliphatic heterocycles. The third kappa shape index (κ3) is 14.2. The van der Waals surface area contributed by atoms with Crippen LogP contribution in [0.15, 0.2) is 24.3 Å². The van der Waals surface area contributed by atoms with Crippen molar-refractivity contribution in [2.24, 2.45) is 11.7 Å². The van der Waals surface area contributed by atoms with Crippen molar-refractivity contribution < 1.29 is 57.5 Å². The molecule has 1 fully saturated rings. The Hall–Kier alpha value is -4.58. The van der Waals surface area contributed by atoms with Crippen LogP contribution >= 0.6 is 7.82 Å². The van der Waals surface area contributed by atoms with E-state index in [1.165, 1.54) is 50.1 Å². The van der Waals surface area contributed by atoms with Crippen LogP contribution in [0.25, 0.3) is 0 Å². The van der Waals surface area contributed by atoms with Crippen molar-refractivity contribution in [1.29, 1.82) is 0 Å². The average Bonchev–Trinajstić information content (AvgIpc) is 3.54. The summed E-state index contributed by atoms with van der Waals surface area (Å²) in [5, 5.41) is 22.4. The molecule has 290 valence electrons. The van der Waals surface area contributed by atoms with Gasteiger partial charge in [-0.25, -0.2) is 4.57 Å². The number of nitrogens with one attached hydrogen (secondary N) is 5. The second-order valence-electron chi connectivity index (χ2n) is 13.0. The van der Waals surface area contributed by atoms with Crippen molar-refractivity contribution in [2.45, 2.75) is 103 Å². The van der Waals surface area contributed by atoms with E-state index in [4.69, 9.17) is 15.5 Å². The number of phosphoric acid groups is 1. The van der Waals surface area contributed by atoms with Gasteiger partial charge in [0.2, 0.25) is 41.4 Å². The minimum atomic E-state index is -4.79. The second kappa shape index (κ2) is 19.9. The highest BCUT2D eigenvalue weighted by molar-refractivity contribution is 7.46. The number of aliphatic hydroxyl groups excluding tert-OH is 1. The molecule has 0 aliphatic carbocycles. The molecule has 1 heterocycles. The molecule has 0 saturated carbocycles. The van der Waals surface area contributed by atoms with Crippen molar-refractivity contribution in [3.63, 3.8) is 0 Å². The number of nitrogens with zero attached hydrogens (tertiary/aromatic N) is 1. The van der Waals surface area contributed by atoms with Crippen LogP contribution in [0.5, 0.6) is 5.75 Å². The Morgan fingerprint density at radius 3 is 2.08 bits per heavy atom. The zero-order valence-corrected chi connectivity index (χ0v) is 30.7. The minimum absolute atomic E-state index is 0.0515. The quantitative estimate of drug-likeness (QED) is 0.0699. The summed E-state index contributed by atoms with van der Waals surface area (Å²) in [5.41, 5.74) is 5.80. The van der Waals surface area contributed by atoms with E-state index < -0.39 is 85.5 Å². The Balaban J connectivity index is 2.27. The molecule has 2 rings (SSSR count). The molecule has 6 atom stereocenters. The van der Waals surface area contributed by atoms with Gasteiger partial charge in [0, 0.05) is 33.4 Å². The molecule has 20 heteroatoms. The maximum Gasteiger partial charge on any atom is 0.524 e. The highest BCUT2D eigenvalue weighted by Crippen LogP contribution is 2.37. The number of aliphatic hydroxyl groups is 1. The molecule has 0 unspecified atom stereocenters. The zero-order valence-electron chi connectivity index (χ0n) is 29.8. The van der Waals surface area contributed by atoms with Crippen LogP contribution in [-0.4, -0.2) is 111 Å². The van der Waals surface area contributed by atoms with Gasteiger partial charge in [0.1, 0.15) is 36.0 Å². The summed E-state index contributed by atoms with van der Waals surface area (Å²) in [6, 6.07) is -0.659. The summed E-state index contributed by atoms with van der Waals surface area (Å²) in [6.45, 7) is 6.26. The molecule has 7 amide bonds. The number of likely N-dealkylation sites (tertiary alicyclic amines) is 1. The number of phosphoric ester groups is 1. The summed E-state index contributed by atoms with van der Waals surface area (Å²) in [7, 11) is -3.40. The number of hydrogen-bond donors (Lipinski definition) is 9. The average molecular weight is 756 g/mol. The molecule has 0 radical (unpaired) electrons. The summed E-state index contributed by atoms with van der Waals surface area (Å²) >= 11 is 0. The fraction of sp³-hybridized carbons (Fsp3) is 0.594. The molecule has 1 saturated heterocycles. The van der Waals surface area contributed by atoms with Crippen molar-refractivity contribution >= 4 is 49.2 Å². The van der Waals surface area contributed by atoms with Gasteiger partial charge in [0.15, 0.2) is 0 Å². The lowest BCUT2D eigenvalue weighted by Crippen LogP contribution is -2.59. The highest BCUT2D eigenvalue weighted by Gasteiger charge is 2.40. The highest BCUT2D eigenvalue weighted by atomic mass is 31.2. The summed E-state index contributed by atoms with van der Waals surface area (Å²) in [5.74, 6) is -5.06. The zero-order chi connectivity index (χ0) is 39.3. The molecule has 19 nitrogen and oxygen atoms in total. The first-order chi connectivity index (χ1) is 24.2. The van der Waals surface area contributed by atoms with Gasteiger partial charge in [-0.05, 0) is 56.2 Å². The van der Waals surface area contributed by atoms with Gasteiger partial charge in [-0.3, -0.25) is 43.3 Å². The van der Waals surface area contributed by atoms with E-state index in [2.05, 4.69) is 31.1 Å². The van der Waals surface area contributed by atoms with Crippen LogP contribution in [0.3, 0.4) is 0 Å². The molecule has 0 spiro atoms. The first kappa shape index (κ1) is 43.6. The Morgan fingerprint density at radius 2 is 1.56 bits per heavy atom. The van der Waals surface area contributed by atoms with Gasteiger partial charge in [-0.2, -0.15) is 0 Å². The van der Waals surface area contributed by atoms with Gasteiger partial charge in [0.05, 0.1) is 6.10 Å². The van der Waals surface area contributed by atoms with Crippen LogP contribution in [-0.2, 0) is 44.5 Å². The predicted molar refractivity (Wildman–Crippen MR) is 185 cm³/mol. The first-order valence-electron chi connectivity index (χ1n) is 16.7. The smallest absolute Gasteiger partial charge is 0.404 e. The summed E-state index contributed by atoms with van der Waals surface area (Å²) in [4.78, 5) is 110. The van der Waals surface area contributed by atoms with Gasteiger partial charge in [-0.1, -0.05) is 26.0 Å². The lowest BCUT2D eigenvalue weighted by molar-refractivity contribution is -0.143. The number of carbonyl (C=O) groups excluding carboxylic acids is 7. The van der Waals surface area contributed by atoms with E-state index in [1.807, 2.05) is 13.8 Å². The maximum absolute atomic E-state index is 14.0. The largest absolute Gasteiger partial charge is 0.524 e. The number of rotatable bonds is 19. The summed E-state index contributed by atoms with van der Waals surface area (Å²) in [6.07, 6.45) is -0.957. The van der Waals surface area contributed by atoms with Crippen molar-refractivity contribution in [1.82, 2.24) is 31.5 Å². The number of hydrogen-bond acceptors (Lipinski definition) is 10. The molecule has 10 N–H and O–H groups in total. The van der Waals surface area contributed by atoms with Crippen LogP contribution in [0.2, 0.25) is 0 Å². The van der Waals surface area contributed by atoms with Crippen molar-refractivity contribution in [2.75, 3.05) is 13.6 Å². The van der Waals surface area contributed by atoms with Gasteiger partial charge < -0.3 is 46.8 Å². The molecule has 52 heavy (non-hydrogen) atoms. The number of primary amides is 1. The molecule has 0 aromatic heterocycles. The van der Waals surface area contributed by atoms with E-state index in [-0.39, 0.29) is 50.3 Å². The van der Waals surface area contributed by atoms with E-state index in [0.717, 1.165) is 0 Å². The third-order valence-corrected chi connectivity index (χ3v) is 8.55. The Labute approximate surface area is 301 Å². The van der Waals surface area contributed by atoms with Crippen molar-refractivity contribution in [3.05, 3.63) is 29.8 Å². The van der Waals surface area contributed by atoms with E-state index in [0.29, 0.717) is 12.0 Å². The standard InChI is InChI=1S/C32H50N7O12P/c1-17(2)15-24(37-30(45)23(35-19(4)41)16-20-8-10-21(11-9-20)51-52(48,49)50)32(47)39-14-6-7-25(39)31(46)36-22(12-13-26(42)34-5)29(44)38-27(18(3)40)28(33)43/h8-11,17-18,22-25,27,40H,6-7,12-16H2,1-5H3,(H2,33,43)(H,34,42)(H,35,41)(H,36,46)(H,37,45)(H,38,44)(H2,48,49,50)/t18-,22+,23+,24+,25+,27+/m1/s1. The fourth-order valence-electron chi connectivity index (χ4n) is 5.60. The molecular formula is C32H50N7O12P. The Morgan fingerprint density at radius 1 is 0.942 bits per heavy atom. The molecule has 0 bridgehead atoms. The van der Waals surface area contributed by atoms with Gasteiger partial charge in [-0.15, -0.1) is 0 Å². The molecule has 1 aromatic rings. The van der Waals surface area contributed by atoms with Crippen LogP contribution in [0, 0.1) is 5.92 Å². The molecular weight excluding hydrogens is 705 g/mol. The lowest BCUT2D eigenvalue weighted by atomic mass is 10.00. The Bertz CT molecular complexity index is 1500. The SMILES string of the molecule is CNC(=O)CC[C@H](NC(=O)[C@@H]1CCCN1C(=O)[C@H](CC(C)C)NC(=O)[C@H](Cc1ccc(OP(=O)(O)O)cc1)NC(C)=O)C(=O)N[C@H](C(N)=O)[C@@H](C)O. The fourth-order valence-corrected chi connectivity index (χ4v) is 6.00. The van der Waals surface area contributed by atoms with E-state index in [9.17, 15) is 43.2 Å². The third-order valence-electron chi connectivity index (χ3n) is 8.10. The normalized spacial score (nSPS) is 17.2.